The maximum Gasteiger partial charge on any atom is 0.259 e. The van der Waals surface area contributed by atoms with Gasteiger partial charge in [-0.05, 0) is 36.4 Å². The molecule has 0 saturated carbocycles. The average Bonchev–Trinajstić information content (AvgIpc) is 2.48. The van der Waals surface area contributed by atoms with E-state index in [-0.39, 0.29) is 11.8 Å². The van der Waals surface area contributed by atoms with Gasteiger partial charge in [-0.25, -0.2) is 0 Å². The molecule has 2 aromatic rings. The van der Waals surface area contributed by atoms with E-state index in [4.69, 9.17) is 4.74 Å². The summed E-state index contributed by atoms with van der Waals surface area (Å²) < 4.78 is 5.16. The van der Waals surface area contributed by atoms with Crippen LogP contribution < -0.4 is 15.4 Å². The monoisotopic (exact) mass is 284 g/mol. The van der Waals surface area contributed by atoms with Crippen LogP contribution in [0.4, 0.5) is 11.4 Å². The van der Waals surface area contributed by atoms with Crippen LogP contribution in [0, 0.1) is 0 Å². The lowest BCUT2D eigenvalue weighted by Crippen LogP contribution is -2.13. The van der Waals surface area contributed by atoms with Crippen LogP contribution in [0.2, 0.25) is 0 Å². The van der Waals surface area contributed by atoms with Gasteiger partial charge in [0.1, 0.15) is 5.75 Å². The van der Waals surface area contributed by atoms with Crippen molar-refractivity contribution in [3.63, 3.8) is 0 Å². The van der Waals surface area contributed by atoms with E-state index in [1.165, 1.54) is 14.0 Å². The Balaban J connectivity index is 2.10. The Hall–Kier alpha value is -2.82. The van der Waals surface area contributed by atoms with Gasteiger partial charge < -0.3 is 15.4 Å². The van der Waals surface area contributed by atoms with Crippen molar-refractivity contribution in [2.45, 2.75) is 6.92 Å². The molecule has 0 atom stereocenters. The molecular weight excluding hydrogens is 268 g/mol. The molecule has 0 aliphatic rings. The SMILES string of the molecule is COc1ccccc1C(=O)Nc1ccc(NC(C)=O)cc1. The third-order valence-corrected chi connectivity index (χ3v) is 2.81. The Kier molecular flexibility index (Phi) is 4.56. The van der Waals surface area contributed by atoms with Gasteiger partial charge in [0.2, 0.25) is 5.91 Å². The number of nitrogens with one attached hydrogen (secondary N) is 2. The molecule has 2 amide bonds. The maximum absolute atomic E-state index is 12.2. The van der Waals surface area contributed by atoms with Gasteiger partial charge in [0.15, 0.2) is 0 Å². The average molecular weight is 284 g/mol. The van der Waals surface area contributed by atoms with Crippen molar-refractivity contribution in [3.8, 4) is 5.75 Å². The fraction of sp³-hybridized carbons (Fsp3) is 0.125. The Bertz CT molecular complexity index is 651. The number of carbonyl (C=O) groups excluding carboxylic acids is 2. The lowest BCUT2D eigenvalue weighted by Gasteiger charge is -2.09. The van der Waals surface area contributed by atoms with Gasteiger partial charge >= 0.3 is 0 Å². The zero-order valence-corrected chi connectivity index (χ0v) is 11.8. The molecular formula is C16H16N2O3. The van der Waals surface area contributed by atoms with E-state index in [1.807, 2.05) is 0 Å². The number of ether oxygens (including phenoxy) is 1. The molecule has 0 bridgehead atoms. The minimum atomic E-state index is -0.250. The molecule has 2 rings (SSSR count). The number of amides is 2. The number of hydrogen-bond acceptors (Lipinski definition) is 3. The maximum atomic E-state index is 12.2. The first-order valence-corrected chi connectivity index (χ1v) is 6.42. The van der Waals surface area contributed by atoms with Crippen molar-refractivity contribution in [2.75, 3.05) is 17.7 Å². The predicted octanol–water partition coefficient (Wildman–Crippen LogP) is 2.91. The fourth-order valence-corrected chi connectivity index (χ4v) is 1.87. The number of carbonyl (C=O) groups is 2. The van der Waals surface area contributed by atoms with Crippen LogP contribution in [0.5, 0.6) is 5.75 Å². The summed E-state index contributed by atoms with van der Waals surface area (Å²) in [5.41, 5.74) is 1.78. The minimum absolute atomic E-state index is 0.138. The number of methoxy groups -OCH3 is 1. The second kappa shape index (κ2) is 6.56. The zero-order chi connectivity index (χ0) is 15.2. The highest BCUT2D eigenvalue weighted by molar-refractivity contribution is 6.06. The van der Waals surface area contributed by atoms with Crippen LogP contribution in [0.15, 0.2) is 48.5 Å². The highest BCUT2D eigenvalue weighted by Crippen LogP contribution is 2.20. The van der Waals surface area contributed by atoms with Crippen molar-refractivity contribution < 1.29 is 14.3 Å². The molecule has 0 spiro atoms. The van der Waals surface area contributed by atoms with Crippen LogP contribution >= 0.6 is 0 Å². The van der Waals surface area contributed by atoms with E-state index in [1.54, 1.807) is 48.5 Å². The first-order valence-electron chi connectivity index (χ1n) is 6.42. The number of hydrogen-bond donors (Lipinski definition) is 2. The lowest BCUT2D eigenvalue weighted by molar-refractivity contribution is -0.114. The van der Waals surface area contributed by atoms with Gasteiger partial charge in [-0.2, -0.15) is 0 Å². The lowest BCUT2D eigenvalue weighted by atomic mass is 10.2. The molecule has 2 aromatic carbocycles. The molecule has 5 heteroatoms. The summed E-state index contributed by atoms with van der Waals surface area (Å²) in [6, 6.07) is 13.9. The smallest absolute Gasteiger partial charge is 0.259 e. The molecule has 108 valence electrons. The summed E-state index contributed by atoms with van der Waals surface area (Å²) in [6.45, 7) is 1.44. The first kappa shape index (κ1) is 14.6. The molecule has 5 nitrogen and oxygen atoms in total. The summed E-state index contributed by atoms with van der Waals surface area (Å²) in [4.78, 5) is 23.1. The molecule has 0 aromatic heterocycles. The summed E-state index contributed by atoms with van der Waals surface area (Å²) in [5.74, 6) is 0.130. The van der Waals surface area contributed by atoms with Crippen molar-refractivity contribution >= 4 is 23.2 Å². The second-order valence-corrected chi connectivity index (χ2v) is 4.41. The fourth-order valence-electron chi connectivity index (χ4n) is 1.87. The van der Waals surface area contributed by atoms with Crippen LogP contribution in [0.3, 0.4) is 0 Å². The Labute approximate surface area is 122 Å². The van der Waals surface area contributed by atoms with E-state index in [2.05, 4.69) is 10.6 Å². The molecule has 0 radical (unpaired) electrons. The molecule has 0 aliphatic heterocycles. The van der Waals surface area contributed by atoms with Crippen molar-refractivity contribution in [1.82, 2.24) is 0 Å². The van der Waals surface area contributed by atoms with E-state index in [9.17, 15) is 9.59 Å². The van der Waals surface area contributed by atoms with E-state index >= 15 is 0 Å². The van der Waals surface area contributed by atoms with Crippen LogP contribution in [0.1, 0.15) is 17.3 Å². The van der Waals surface area contributed by atoms with Gasteiger partial charge in [-0.3, -0.25) is 9.59 Å². The molecule has 0 saturated heterocycles. The van der Waals surface area contributed by atoms with Crippen LogP contribution in [-0.4, -0.2) is 18.9 Å². The van der Waals surface area contributed by atoms with Crippen molar-refractivity contribution in [1.29, 1.82) is 0 Å². The van der Waals surface area contributed by atoms with E-state index in [0.29, 0.717) is 22.7 Å². The number of anilines is 2. The van der Waals surface area contributed by atoms with Gasteiger partial charge in [-0.15, -0.1) is 0 Å². The van der Waals surface area contributed by atoms with Crippen LogP contribution in [0.25, 0.3) is 0 Å². The normalized spacial score (nSPS) is 9.81. The van der Waals surface area contributed by atoms with Gasteiger partial charge in [-0.1, -0.05) is 12.1 Å². The Morgan fingerprint density at radius 1 is 0.905 bits per heavy atom. The summed E-state index contributed by atoms with van der Waals surface area (Å²) >= 11 is 0. The number of rotatable bonds is 4. The third-order valence-electron chi connectivity index (χ3n) is 2.81. The largest absolute Gasteiger partial charge is 0.496 e. The van der Waals surface area contributed by atoms with Crippen LogP contribution in [-0.2, 0) is 4.79 Å². The predicted molar refractivity (Wildman–Crippen MR) is 81.7 cm³/mol. The molecule has 0 aliphatic carbocycles. The topological polar surface area (TPSA) is 67.4 Å². The second-order valence-electron chi connectivity index (χ2n) is 4.41. The van der Waals surface area contributed by atoms with Crippen molar-refractivity contribution in [2.24, 2.45) is 0 Å². The summed E-state index contributed by atoms with van der Waals surface area (Å²) in [6.07, 6.45) is 0. The number of para-hydroxylation sites is 1. The van der Waals surface area contributed by atoms with Gasteiger partial charge in [0, 0.05) is 18.3 Å². The first-order chi connectivity index (χ1) is 10.1. The highest BCUT2D eigenvalue weighted by atomic mass is 16.5. The number of benzene rings is 2. The Morgan fingerprint density at radius 3 is 2.05 bits per heavy atom. The minimum Gasteiger partial charge on any atom is -0.496 e. The van der Waals surface area contributed by atoms with Crippen molar-refractivity contribution in [3.05, 3.63) is 54.1 Å². The van der Waals surface area contributed by atoms with Gasteiger partial charge in [0.25, 0.3) is 5.91 Å². The summed E-state index contributed by atoms with van der Waals surface area (Å²) in [7, 11) is 1.52. The standard InChI is InChI=1S/C16H16N2O3/c1-11(19)17-12-7-9-13(10-8-12)18-16(20)14-5-3-4-6-15(14)21-2/h3-10H,1-2H3,(H,17,19)(H,18,20). The molecule has 0 heterocycles. The summed E-state index contributed by atoms with van der Waals surface area (Å²) in [5, 5.41) is 5.45. The molecule has 2 N–H and O–H groups in total. The molecule has 21 heavy (non-hydrogen) atoms. The Morgan fingerprint density at radius 2 is 1.48 bits per heavy atom. The zero-order valence-electron chi connectivity index (χ0n) is 11.8. The quantitative estimate of drug-likeness (QED) is 0.907. The van der Waals surface area contributed by atoms with E-state index in [0.717, 1.165) is 0 Å². The molecule has 0 fully saturated rings. The van der Waals surface area contributed by atoms with E-state index < -0.39 is 0 Å². The van der Waals surface area contributed by atoms with Gasteiger partial charge in [0.05, 0.1) is 12.7 Å². The highest BCUT2D eigenvalue weighted by Gasteiger charge is 2.11. The third kappa shape index (κ3) is 3.82. The molecule has 0 unspecified atom stereocenters.